The number of carbonyl (C=O) groups excluding carboxylic acids is 1. The lowest BCUT2D eigenvalue weighted by atomic mass is 9.96. The van der Waals surface area contributed by atoms with Gasteiger partial charge in [0.15, 0.2) is 0 Å². The molecule has 1 aliphatic heterocycles. The van der Waals surface area contributed by atoms with Crippen molar-refractivity contribution in [3.05, 3.63) is 47.5 Å². The quantitative estimate of drug-likeness (QED) is 0.669. The summed E-state index contributed by atoms with van der Waals surface area (Å²) < 4.78 is 11.2. The summed E-state index contributed by atoms with van der Waals surface area (Å²) in [6.07, 6.45) is 3.36. The Morgan fingerprint density at radius 1 is 1.27 bits per heavy atom. The minimum Gasteiger partial charge on any atom is -0.494 e. The van der Waals surface area contributed by atoms with Crippen LogP contribution >= 0.6 is 0 Å². The van der Waals surface area contributed by atoms with E-state index in [0.29, 0.717) is 25.4 Å². The van der Waals surface area contributed by atoms with Crippen LogP contribution in [-0.4, -0.2) is 35.6 Å². The lowest BCUT2D eigenvalue weighted by Gasteiger charge is -2.33. The van der Waals surface area contributed by atoms with E-state index in [1.165, 1.54) is 6.33 Å². The van der Waals surface area contributed by atoms with Crippen LogP contribution in [-0.2, 0) is 11.3 Å². The Kier molecular flexibility index (Phi) is 5.88. The van der Waals surface area contributed by atoms with Gasteiger partial charge in [0.05, 0.1) is 17.9 Å². The fraction of sp³-hybridized carbons (Fsp3) is 0.435. The number of aromatic nitrogens is 2. The van der Waals surface area contributed by atoms with Crippen LogP contribution in [0.15, 0.2) is 35.0 Å². The average Bonchev–Trinajstić information content (AvgIpc) is 3.07. The van der Waals surface area contributed by atoms with Crippen molar-refractivity contribution in [2.24, 2.45) is 5.92 Å². The second kappa shape index (κ2) is 8.73. The second-order valence-corrected chi connectivity index (χ2v) is 7.74. The van der Waals surface area contributed by atoms with Crippen LogP contribution in [0.3, 0.4) is 0 Å². The number of anilines is 1. The molecule has 7 nitrogen and oxygen atoms in total. The number of fused-ring (bicyclic) bond motifs is 1. The topological polar surface area (TPSA) is 80.5 Å². The summed E-state index contributed by atoms with van der Waals surface area (Å²) in [7, 11) is 0. The predicted octanol–water partition coefficient (Wildman–Crippen LogP) is 3.77. The van der Waals surface area contributed by atoms with Gasteiger partial charge in [-0.1, -0.05) is 12.1 Å². The van der Waals surface area contributed by atoms with Crippen molar-refractivity contribution >= 4 is 22.8 Å². The minimum atomic E-state index is -0.0697. The molecule has 158 valence electrons. The molecular weight excluding hydrogens is 380 g/mol. The molecule has 1 aliphatic rings. The monoisotopic (exact) mass is 408 g/mol. The molecule has 0 saturated carbocycles. The molecule has 1 N–H and O–H groups in total. The van der Waals surface area contributed by atoms with E-state index in [2.05, 4.69) is 20.2 Å². The number of aryl methyl sites for hydroxylation is 2. The number of amides is 1. The zero-order chi connectivity index (χ0) is 21.1. The summed E-state index contributed by atoms with van der Waals surface area (Å²) in [5.41, 5.74) is 2.72. The maximum Gasteiger partial charge on any atom is 0.231 e. The lowest BCUT2D eigenvalue weighted by Crippen LogP contribution is -2.43. The number of ether oxygens (including phenoxy) is 1. The molecule has 1 amide bonds. The minimum absolute atomic E-state index is 0.0697. The highest BCUT2D eigenvalue weighted by Crippen LogP contribution is 2.32. The lowest BCUT2D eigenvalue weighted by molar-refractivity contribution is -0.125. The molecule has 0 radical (unpaired) electrons. The van der Waals surface area contributed by atoms with Crippen LogP contribution < -0.4 is 15.0 Å². The maximum absolute atomic E-state index is 12.8. The smallest absolute Gasteiger partial charge is 0.231 e. The molecule has 2 aromatic heterocycles. The summed E-state index contributed by atoms with van der Waals surface area (Å²) in [4.78, 5) is 23.8. The largest absolute Gasteiger partial charge is 0.494 e. The number of hydrogen-bond donors (Lipinski definition) is 1. The zero-order valence-electron chi connectivity index (χ0n) is 17.8. The van der Waals surface area contributed by atoms with Gasteiger partial charge >= 0.3 is 0 Å². The molecule has 1 fully saturated rings. The molecule has 0 aliphatic carbocycles. The molecule has 3 aromatic rings. The SMILES string of the molecule is CCOc1ccc(CNC(=O)C2CCCN(c3ncnc4oc(C)c(C)c34)C2)cc1. The molecule has 0 bridgehead atoms. The summed E-state index contributed by atoms with van der Waals surface area (Å²) in [6, 6.07) is 7.84. The van der Waals surface area contributed by atoms with Gasteiger partial charge in [0.25, 0.3) is 0 Å². The normalized spacial score (nSPS) is 16.6. The first kappa shape index (κ1) is 20.2. The summed E-state index contributed by atoms with van der Waals surface area (Å²) in [5.74, 6) is 2.57. The highest BCUT2D eigenvalue weighted by Gasteiger charge is 2.28. The van der Waals surface area contributed by atoms with E-state index in [-0.39, 0.29) is 11.8 Å². The molecule has 1 atom stereocenters. The van der Waals surface area contributed by atoms with Gasteiger partial charge in [0.1, 0.15) is 23.7 Å². The Morgan fingerprint density at radius 2 is 2.07 bits per heavy atom. The summed E-state index contributed by atoms with van der Waals surface area (Å²) in [6.45, 7) is 8.60. The van der Waals surface area contributed by atoms with Crippen LogP contribution in [0.25, 0.3) is 11.1 Å². The fourth-order valence-corrected chi connectivity index (χ4v) is 3.99. The fourth-order valence-electron chi connectivity index (χ4n) is 3.99. The standard InChI is InChI=1S/C23H28N4O3/c1-4-29-19-9-7-17(8-10-19)12-24-22(28)18-6-5-11-27(13-18)21-20-15(2)16(3)30-23(20)26-14-25-21/h7-10,14,18H,4-6,11-13H2,1-3H3,(H,24,28). The van der Waals surface area contributed by atoms with Crippen molar-refractivity contribution in [1.29, 1.82) is 0 Å². The number of rotatable bonds is 6. The molecular formula is C23H28N4O3. The number of hydrogen-bond acceptors (Lipinski definition) is 6. The van der Waals surface area contributed by atoms with Crippen molar-refractivity contribution in [1.82, 2.24) is 15.3 Å². The second-order valence-electron chi connectivity index (χ2n) is 7.74. The third-order valence-electron chi connectivity index (χ3n) is 5.74. The van der Waals surface area contributed by atoms with E-state index in [4.69, 9.17) is 9.15 Å². The molecule has 1 unspecified atom stereocenters. The van der Waals surface area contributed by atoms with Crippen LogP contribution in [0.4, 0.5) is 5.82 Å². The van der Waals surface area contributed by atoms with E-state index < -0.39 is 0 Å². The highest BCUT2D eigenvalue weighted by atomic mass is 16.5. The Bertz CT molecular complexity index is 1030. The summed E-state index contributed by atoms with van der Waals surface area (Å²) in [5, 5.41) is 4.04. The Morgan fingerprint density at radius 3 is 2.83 bits per heavy atom. The molecule has 7 heteroatoms. The maximum atomic E-state index is 12.8. The number of carbonyl (C=O) groups is 1. The first-order valence-electron chi connectivity index (χ1n) is 10.5. The van der Waals surface area contributed by atoms with Crippen LogP contribution in [0.2, 0.25) is 0 Å². The van der Waals surface area contributed by atoms with Crippen molar-refractivity contribution < 1.29 is 13.9 Å². The molecule has 0 spiro atoms. The molecule has 1 aromatic carbocycles. The van der Waals surface area contributed by atoms with Crippen molar-refractivity contribution in [3.8, 4) is 5.75 Å². The Hall–Kier alpha value is -3.09. The summed E-state index contributed by atoms with van der Waals surface area (Å²) >= 11 is 0. The molecule has 3 heterocycles. The van der Waals surface area contributed by atoms with Gasteiger partial charge in [0, 0.05) is 25.2 Å². The predicted molar refractivity (Wildman–Crippen MR) is 116 cm³/mol. The van der Waals surface area contributed by atoms with Gasteiger partial charge < -0.3 is 19.4 Å². The van der Waals surface area contributed by atoms with Crippen molar-refractivity contribution in [2.75, 3.05) is 24.6 Å². The molecule has 4 rings (SSSR count). The van der Waals surface area contributed by atoms with E-state index in [9.17, 15) is 4.79 Å². The van der Waals surface area contributed by atoms with Crippen molar-refractivity contribution in [3.63, 3.8) is 0 Å². The number of benzene rings is 1. The Balaban J connectivity index is 1.42. The van der Waals surface area contributed by atoms with E-state index in [1.807, 2.05) is 45.0 Å². The molecule has 30 heavy (non-hydrogen) atoms. The first-order valence-corrected chi connectivity index (χ1v) is 10.5. The van der Waals surface area contributed by atoms with Crippen molar-refractivity contribution in [2.45, 2.75) is 40.2 Å². The van der Waals surface area contributed by atoms with E-state index in [1.54, 1.807) is 0 Å². The van der Waals surface area contributed by atoms with Gasteiger partial charge in [-0.25, -0.2) is 9.97 Å². The van der Waals surface area contributed by atoms with Gasteiger partial charge in [-0.15, -0.1) is 0 Å². The zero-order valence-corrected chi connectivity index (χ0v) is 17.8. The van der Waals surface area contributed by atoms with E-state index >= 15 is 0 Å². The average molecular weight is 409 g/mol. The third-order valence-corrected chi connectivity index (χ3v) is 5.74. The van der Waals surface area contributed by atoms with Gasteiger partial charge in [-0.2, -0.15) is 0 Å². The van der Waals surface area contributed by atoms with Gasteiger partial charge in [-0.3, -0.25) is 4.79 Å². The number of furan rings is 1. The third kappa shape index (κ3) is 4.10. The number of nitrogens with zero attached hydrogens (tertiary/aromatic N) is 3. The molecule has 1 saturated heterocycles. The Labute approximate surface area is 176 Å². The number of nitrogens with one attached hydrogen (secondary N) is 1. The highest BCUT2D eigenvalue weighted by molar-refractivity contribution is 5.90. The first-order chi connectivity index (χ1) is 14.6. The van der Waals surface area contributed by atoms with Gasteiger partial charge in [-0.05, 0) is 51.3 Å². The van der Waals surface area contributed by atoms with E-state index in [0.717, 1.165) is 53.2 Å². The van der Waals surface area contributed by atoms with Crippen LogP contribution in [0.5, 0.6) is 5.75 Å². The van der Waals surface area contributed by atoms with Crippen LogP contribution in [0.1, 0.15) is 36.7 Å². The van der Waals surface area contributed by atoms with Gasteiger partial charge in [0.2, 0.25) is 11.6 Å². The van der Waals surface area contributed by atoms with Crippen LogP contribution in [0, 0.1) is 19.8 Å². The number of piperidine rings is 1.